The molecule has 126 valence electrons. The maximum Gasteiger partial charge on any atom is 0.279 e. The molecule has 0 saturated carbocycles. The maximum absolute atomic E-state index is 12.1. The van der Waals surface area contributed by atoms with Crippen LogP contribution in [0, 0.1) is 0 Å². The van der Waals surface area contributed by atoms with E-state index in [0.29, 0.717) is 19.5 Å². The maximum atomic E-state index is 12.1. The summed E-state index contributed by atoms with van der Waals surface area (Å²) in [6, 6.07) is 0. The molecule has 0 aromatic heterocycles. The smallest absolute Gasteiger partial charge is 0.279 e. The first-order valence-electron chi connectivity index (χ1n) is 7.04. The summed E-state index contributed by atoms with van der Waals surface area (Å²) in [5.41, 5.74) is 0. The van der Waals surface area contributed by atoms with Gasteiger partial charge in [0.25, 0.3) is 10.2 Å². The lowest BCUT2D eigenvalue weighted by Crippen LogP contribution is -2.52. The van der Waals surface area contributed by atoms with Gasteiger partial charge in [-0.25, -0.2) is 17.9 Å². The summed E-state index contributed by atoms with van der Waals surface area (Å²) in [6.45, 7) is 6.26. The summed E-state index contributed by atoms with van der Waals surface area (Å²) in [5, 5.41) is 0. The summed E-state index contributed by atoms with van der Waals surface area (Å²) < 4.78 is 58.4. The number of nitrogens with one attached hydrogen (secondary N) is 2. The lowest BCUT2D eigenvalue weighted by atomic mass is 10.3. The molecule has 1 saturated heterocycles. The van der Waals surface area contributed by atoms with Crippen LogP contribution in [-0.4, -0.2) is 65.3 Å². The fourth-order valence-corrected chi connectivity index (χ4v) is 4.09. The quantitative estimate of drug-likeness (QED) is 0.565. The topological polar surface area (TPSA) is 105 Å². The zero-order valence-electron chi connectivity index (χ0n) is 12.7. The molecule has 10 heteroatoms. The number of hydrogen-bond donors (Lipinski definition) is 2. The minimum absolute atomic E-state index is 0.0162. The Balaban J connectivity index is 2.36. The Morgan fingerprint density at radius 2 is 1.57 bits per heavy atom. The Morgan fingerprint density at radius 3 is 2.10 bits per heavy atom. The van der Waals surface area contributed by atoms with E-state index in [-0.39, 0.29) is 31.1 Å². The summed E-state index contributed by atoms with van der Waals surface area (Å²) >= 11 is 0. The van der Waals surface area contributed by atoms with Gasteiger partial charge in [0.15, 0.2) is 0 Å². The molecule has 0 spiro atoms. The Labute approximate surface area is 127 Å². The van der Waals surface area contributed by atoms with Gasteiger partial charge in [0.2, 0.25) is 10.0 Å². The summed E-state index contributed by atoms with van der Waals surface area (Å²) in [5.74, 6) is 0.0162. The van der Waals surface area contributed by atoms with Crippen molar-refractivity contribution in [3.63, 3.8) is 0 Å². The molecule has 0 aromatic carbocycles. The molecule has 0 amide bonds. The largest absolute Gasteiger partial charge is 0.373 e. The normalized spacial score (nSPS) is 25.1. The average molecular weight is 343 g/mol. The third-order valence-electron chi connectivity index (χ3n) is 3.07. The fraction of sp³-hybridized carbons (Fsp3) is 1.00. The highest BCUT2D eigenvalue weighted by Gasteiger charge is 2.30. The van der Waals surface area contributed by atoms with Gasteiger partial charge in [-0.1, -0.05) is 0 Å². The lowest BCUT2D eigenvalue weighted by molar-refractivity contribution is -0.0443. The second kappa shape index (κ2) is 7.84. The molecule has 2 unspecified atom stereocenters. The molecule has 1 aliphatic heterocycles. The second-order valence-electron chi connectivity index (χ2n) is 5.12. The van der Waals surface area contributed by atoms with E-state index in [1.165, 1.54) is 4.31 Å². The van der Waals surface area contributed by atoms with Crippen LogP contribution in [0.5, 0.6) is 0 Å². The van der Waals surface area contributed by atoms with Crippen LogP contribution >= 0.6 is 0 Å². The van der Waals surface area contributed by atoms with Crippen molar-refractivity contribution in [2.75, 3.05) is 31.9 Å². The number of nitrogens with zero attached hydrogens (tertiary/aromatic N) is 1. The highest BCUT2D eigenvalue weighted by atomic mass is 32.2. The van der Waals surface area contributed by atoms with Crippen molar-refractivity contribution in [2.45, 2.75) is 39.4 Å². The molecule has 2 atom stereocenters. The molecule has 1 rings (SSSR count). The summed E-state index contributed by atoms with van der Waals surface area (Å²) in [7, 11) is -6.77. The predicted molar refractivity (Wildman–Crippen MR) is 80.6 cm³/mol. The van der Waals surface area contributed by atoms with Crippen molar-refractivity contribution in [1.29, 1.82) is 0 Å². The van der Waals surface area contributed by atoms with E-state index in [0.717, 1.165) is 0 Å². The number of sulfonamides is 1. The number of rotatable bonds is 8. The standard InChI is InChI=1S/C11H25N3O5S2/c1-4-20(15,16)12-6-5-7-13-21(17,18)14-8-10(2)19-11(3)9-14/h10-13H,4-9H2,1-3H3. The molecular formula is C11H25N3O5S2. The van der Waals surface area contributed by atoms with Gasteiger partial charge in [0, 0.05) is 26.2 Å². The third-order valence-corrected chi connectivity index (χ3v) is 6.02. The molecule has 1 fully saturated rings. The molecule has 8 nitrogen and oxygen atoms in total. The van der Waals surface area contributed by atoms with Crippen LogP contribution in [0.4, 0.5) is 0 Å². The van der Waals surface area contributed by atoms with Crippen LogP contribution in [0.1, 0.15) is 27.2 Å². The SMILES string of the molecule is CCS(=O)(=O)NCCCNS(=O)(=O)N1CC(C)OC(C)C1. The van der Waals surface area contributed by atoms with Gasteiger partial charge in [0.05, 0.1) is 18.0 Å². The summed E-state index contributed by atoms with van der Waals surface area (Å²) in [4.78, 5) is 0. The molecule has 0 radical (unpaired) electrons. The lowest BCUT2D eigenvalue weighted by Gasteiger charge is -2.34. The first-order valence-corrected chi connectivity index (χ1v) is 10.1. The molecule has 21 heavy (non-hydrogen) atoms. The molecule has 0 aliphatic carbocycles. The molecular weight excluding hydrogens is 318 g/mol. The Morgan fingerprint density at radius 1 is 1.05 bits per heavy atom. The van der Waals surface area contributed by atoms with E-state index in [1.54, 1.807) is 6.92 Å². The highest BCUT2D eigenvalue weighted by Crippen LogP contribution is 2.13. The van der Waals surface area contributed by atoms with E-state index in [4.69, 9.17) is 4.74 Å². The first kappa shape index (κ1) is 18.8. The van der Waals surface area contributed by atoms with Crippen LogP contribution in [-0.2, 0) is 25.0 Å². The van der Waals surface area contributed by atoms with Crippen molar-refractivity contribution in [2.24, 2.45) is 0 Å². The van der Waals surface area contributed by atoms with E-state index in [1.807, 2.05) is 13.8 Å². The van der Waals surface area contributed by atoms with E-state index >= 15 is 0 Å². The predicted octanol–water partition coefficient (Wildman–Crippen LogP) is -0.741. The monoisotopic (exact) mass is 343 g/mol. The third kappa shape index (κ3) is 6.57. The van der Waals surface area contributed by atoms with Gasteiger partial charge in [-0.2, -0.15) is 12.7 Å². The van der Waals surface area contributed by atoms with Gasteiger partial charge in [-0.3, -0.25) is 0 Å². The average Bonchev–Trinajstić information content (AvgIpc) is 2.37. The molecule has 0 aromatic rings. The Hall–Kier alpha value is -0.260. The van der Waals surface area contributed by atoms with E-state index < -0.39 is 20.2 Å². The van der Waals surface area contributed by atoms with Gasteiger partial charge >= 0.3 is 0 Å². The fourth-order valence-electron chi connectivity index (χ4n) is 2.04. The zero-order valence-corrected chi connectivity index (χ0v) is 14.3. The van der Waals surface area contributed by atoms with Gasteiger partial charge in [-0.05, 0) is 27.2 Å². The van der Waals surface area contributed by atoms with Crippen molar-refractivity contribution in [3.8, 4) is 0 Å². The zero-order chi connectivity index (χ0) is 16.1. The van der Waals surface area contributed by atoms with Crippen LogP contribution in [0.25, 0.3) is 0 Å². The van der Waals surface area contributed by atoms with Gasteiger partial charge in [0.1, 0.15) is 0 Å². The Bertz CT molecular complexity index is 510. The minimum Gasteiger partial charge on any atom is -0.373 e. The van der Waals surface area contributed by atoms with Crippen LogP contribution in [0.15, 0.2) is 0 Å². The number of morpholine rings is 1. The van der Waals surface area contributed by atoms with Crippen molar-refractivity contribution in [1.82, 2.24) is 13.7 Å². The number of hydrogen-bond acceptors (Lipinski definition) is 5. The first-order chi connectivity index (χ1) is 9.66. The molecule has 0 bridgehead atoms. The van der Waals surface area contributed by atoms with Crippen molar-refractivity contribution in [3.05, 3.63) is 0 Å². The van der Waals surface area contributed by atoms with Crippen LogP contribution < -0.4 is 9.44 Å². The second-order valence-corrected chi connectivity index (χ2v) is 8.98. The van der Waals surface area contributed by atoms with Crippen molar-refractivity contribution < 1.29 is 21.6 Å². The van der Waals surface area contributed by atoms with Gasteiger partial charge < -0.3 is 4.74 Å². The van der Waals surface area contributed by atoms with E-state index in [9.17, 15) is 16.8 Å². The number of ether oxygens (including phenoxy) is 1. The van der Waals surface area contributed by atoms with Crippen LogP contribution in [0.3, 0.4) is 0 Å². The van der Waals surface area contributed by atoms with Crippen molar-refractivity contribution >= 4 is 20.2 Å². The Kier molecular flexibility index (Phi) is 7.01. The highest BCUT2D eigenvalue weighted by molar-refractivity contribution is 7.89. The molecule has 2 N–H and O–H groups in total. The molecule has 1 heterocycles. The van der Waals surface area contributed by atoms with Crippen LogP contribution in [0.2, 0.25) is 0 Å². The minimum atomic E-state index is -3.54. The summed E-state index contributed by atoms with van der Waals surface area (Å²) in [6.07, 6.45) is 0.122. The van der Waals surface area contributed by atoms with E-state index in [2.05, 4.69) is 9.44 Å². The molecule has 1 aliphatic rings. The van der Waals surface area contributed by atoms with Gasteiger partial charge in [-0.15, -0.1) is 0 Å².